The fourth-order valence-corrected chi connectivity index (χ4v) is 1.32. The summed E-state index contributed by atoms with van der Waals surface area (Å²) in [6, 6.07) is 8.59. The number of rotatable bonds is 6. The first-order valence-electron chi connectivity index (χ1n) is 5.41. The predicted octanol–water partition coefficient (Wildman–Crippen LogP) is 1.04. The zero-order valence-corrected chi connectivity index (χ0v) is 8.85. The molecule has 2 fully saturated rings. The second-order valence-corrected chi connectivity index (χ2v) is 3.90. The second kappa shape index (κ2) is 4.31. The lowest BCUT2D eigenvalue weighted by Crippen LogP contribution is -2.08. The number of hydrogen-bond donors (Lipinski definition) is 0. The lowest BCUT2D eigenvalue weighted by molar-refractivity contribution is 0.228. The van der Waals surface area contributed by atoms with Crippen LogP contribution in [0.25, 0.3) is 0 Å². The molecule has 2 saturated heterocycles. The van der Waals surface area contributed by atoms with Crippen LogP contribution < -0.4 is 9.47 Å². The molecule has 85 valence electrons. The minimum Gasteiger partial charge on any atom is -0.487 e. The molecular weight excluding hydrogens is 208 g/mol. The average molecular weight is 221 g/mol. The van der Waals surface area contributed by atoms with Crippen molar-refractivity contribution in [2.45, 2.75) is 12.2 Å². The predicted molar refractivity (Wildman–Crippen MR) is 55.7 cm³/mol. The molecule has 4 heteroatoms. The minimum absolute atomic E-state index is 0.244. The van der Waals surface area contributed by atoms with Crippen LogP contribution in [0.3, 0.4) is 0 Å². The van der Waals surface area contributed by atoms with Gasteiger partial charge in [-0.3, -0.25) is 0 Å². The molecule has 2 heterocycles. The highest BCUT2D eigenvalue weighted by atomic mass is 16.6. The first kappa shape index (κ1) is 9.93. The molecule has 1 radical (unpaired) electrons. The molecule has 0 spiro atoms. The first-order valence-corrected chi connectivity index (χ1v) is 5.41. The molecule has 4 nitrogen and oxygen atoms in total. The highest BCUT2D eigenvalue weighted by Crippen LogP contribution is 2.27. The van der Waals surface area contributed by atoms with E-state index in [2.05, 4.69) is 6.07 Å². The van der Waals surface area contributed by atoms with E-state index in [0.717, 1.165) is 19.0 Å². The SMILES string of the molecule is [c]1cccc(OCC2CO2)c1OCC1CO1. The zero-order valence-electron chi connectivity index (χ0n) is 8.85. The molecule has 2 atom stereocenters. The Kier molecular flexibility index (Phi) is 2.68. The molecule has 0 aliphatic carbocycles. The highest BCUT2D eigenvalue weighted by Gasteiger charge is 2.25. The fraction of sp³-hybridized carbons (Fsp3) is 0.500. The van der Waals surface area contributed by atoms with Crippen LogP contribution in [-0.4, -0.2) is 38.6 Å². The van der Waals surface area contributed by atoms with Crippen LogP contribution in [0.2, 0.25) is 0 Å². The maximum Gasteiger partial charge on any atom is 0.169 e. The topological polar surface area (TPSA) is 43.5 Å². The van der Waals surface area contributed by atoms with Crippen molar-refractivity contribution in [1.29, 1.82) is 0 Å². The van der Waals surface area contributed by atoms with Crippen molar-refractivity contribution in [3.05, 3.63) is 24.3 Å². The standard InChI is InChI=1S/C12H13O4/c1-2-4-12(16-8-10-6-14-10)11(3-1)15-7-9-5-13-9/h1-3,9-10H,5-8H2. The summed E-state index contributed by atoms with van der Waals surface area (Å²) >= 11 is 0. The van der Waals surface area contributed by atoms with Crippen LogP contribution >= 0.6 is 0 Å². The van der Waals surface area contributed by atoms with Crippen LogP contribution in [0, 0.1) is 6.07 Å². The van der Waals surface area contributed by atoms with Gasteiger partial charge in [0.15, 0.2) is 11.5 Å². The summed E-state index contributed by atoms with van der Waals surface area (Å²) in [5.74, 6) is 1.37. The Hall–Kier alpha value is -1.26. The van der Waals surface area contributed by atoms with E-state index in [1.165, 1.54) is 0 Å². The number of epoxide rings is 2. The van der Waals surface area contributed by atoms with Crippen molar-refractivity contribution in [1.82, 2.24) is 0 Å². The molecule has 16 heavy (non-hydrogen) atoms. The van der Waals surface area contributed by atoms with Gasteiger partial charge in [-0.05, 0) is 6.07 Å². The number of benzene rings is 1. The minimum atomic E-state index is 0.244. The van der Waals surface area contributed by atoms with Crippen LogP contribution in [0.5, 0.6) is 11.5 Å². The lowest BCUT2D eigenvalue weighted by Gasteiger charge is -2.10. The monoisotopic (exact) mass is 221 g/mol. The Morgan fingerprint density at radius 3 is 2.56 bits per heavy atom. The number of ether oxygens (including phenoxy) is 4. The summed E-state index contributed by atoms with van der Waals surface area (Å²) < 4.78 is 21.3. The van der Waals surface area contributed by atoms with E-state index in [-0.39, 0.29) is 12.2 Å². The third kappa shape index (κ3) is 2.65. The van der Waals surface area contributed by atoms with E-state index in [4.69, 9.17) is 18.9 Å². The fourth-order valence-electron chi connectivity index (χ4n) is 1.32. The summed E-state index contributed by atoms with van der Waals surface area (Å²) in [5.41, 5.74) is 0. The maximum atomic E-state index is 5.59. The molecule has 0 saturated carbocycles. The Balaban J connectivity index is 1.58. The molecule has 2 aliphatic heterocycles. The molecule has 0 amide bonds. The summed E-state index contributed by atoms with van der Waals surface area (Å²) in [4.78, 5) is 0. The number of para-hydroxylation sites is 1. The Bertz CT molecular complexity index is 323. The Morgan fingerprint density at radius 2 is 1.88 bits per heavy atom. The van der Waals surface area contributed by atoms with E-state index in [0.29, 0.717) is 19.0 Å². The summed E-state index contributed by atoms with van der Waals surface area (Å²) in [7, 11) is 0. The van der Waals surface area contributed by atoms with Crippen molar-refractivity contribution in [3.63, 3.8) is 0 Å². The maximum absolute atomic E-state index is 5.59. The molecule has 1 aromatic carbocycles. The van der Waals surface area contributed by atoms with Gasteiger partial charge in [0.2, 0.25) is 0 Å². The van der Waals surface area contributed by atoms with Gasteiger partial charge in [-0.1, -0.05) is 12.1 Å². The Labute approximate surface area is 94.1 Å². The van der Waals surface area contributed by atoms with Crippen molar-refractivity contribution in [3.8, 4) is 11.5 Å². The van der Waals surface area contributed by atoms with Gasteiger partial charge in [-0.25, -0.2) is 0 Å². The molecule has 0 aromatic heterocycles. The molecular formula is C12H13O4. The van der Waals surface area contributed by atoms with Gasteiger partial charge in [0.1, 0.15) is 25.4 Å². The van der Waals surface area contributed by atoms with Crippen LogP contribution in [0.1, 0.15) is 0 Å². The molecule has 2 unspecified atom stereocenters. The summed E-state index contributed by atoms with van der Waals surface area (Å²) in [6.45, 7) is 2.73. The normalized spacial score (nSPS) is 26.2. The van der Waals surface area contributed by atoms with E-state index in [1.54, 1.807) is 0 Å². The lowest BCUT2D eigenvalue weighted by atomic mass is 10.3. The molecule has 3 rings (SSSR count). The first-order chi connectivity index (χ1) is 7.92. The van der Waals surface area contributed by atoms with Gasteiger partial charge in [-0.2, -0.15) is 0 Å². The largest absolute Gasteiger partial charge is 0.487 e. The smallest absolute Gasteiger partial charge is 0.169 e. The van der Waals surface area contributed by atoms with Gasteiger partial charge < -0.3 is 18.9 Å². The highest BCUT2D eigenvalue weighted by molar-refractivity contribution is 5.38. The zero-order chi connectivity index (χ0) is 10.8. The van der Waals surface area contributed by atoms with Crippen molar-refractivity contribution in [2.75, 3.05) is 26.4 Å². The van der Waals surface area contributed by atoms with Crippen LogP contribution in [0.15, 0.2) is 18.2 Å². The van der Waals surface area contributed by atoms with Gasteiger partial charge in [-0.15, -0.1) is 0 Å². The van der Waals surface area contributed by atoms with Crippen molar-refractivity contribution < 1.29 is 18.9 Å². The Morgan fingerprint density at radius 1 is 1.19 bits per heavy atom. The van der Waals surface area contributed by atoms with Gasteiger partial charge >= 0.3 is 0 Å². The molecule has 0 bridgehead atoms. The third-order valence-corrected chi connectivity index (χ3v) is 2.43. The van der Waals surface area contributed by atoms with Crippen LogP contribution in [-0.2, 0) is 9.47 Å². The van der Waals surface area contributed by atoms with Crippen molar-refractivity contribution >= 4 is 0 Å². The summed E-state index contributed by atoms with van der Waals surface area (Å²) in [5, 5.41) is 0. The molecule has 2 aliphatic rings. The average Bonchev–Trinajstić information content (AvgIpc) is 3.17. The second-order valence-electron chi connectivity index (χ2n) is 3.90. The third-order valence-electron chi connectivity index (χ3n) is 2.43. The molecule has 0 N–H and O–H groups in total. The van der Waals surface area contributed by atoms with E-state index in [1.807, 2.05) is 18.2 Å². The van der Waals surface area contributed by atoms with E-state index in [9.17, 15) is 0 Å². The van der Waals surface area contributed by atoms with Gasteiger partial charge in [0, 0.05) is 6.07 Å². The van der Waals surface area contributed by atoms with E-state index < -0.39 is 0 Å². The van der Waals surface area contributed by atoms with Gasteiger partial charge in [0.25, 0.3) is 0 Å². The number of hydrogen-bond acceptors (Lipinski definition) is 4. The summed E-state index contributed by atoms with van der Waals surface area (Å²) in [6.07, 6.45) is 0.494. The quantitative estimate of drug-likeness (QED) is 0.673. The van der Waals surface area contributed by atoms with Crippen molar-refractivity contribution in [2.24, 2.45) is 0 Å². The van der Waals surface area contributed by atoms with E-state index >= 15 is 0 Å². The van der Waals surface area contributed by atoms with Crippen LogP contribution in [0.4, 0.5) is 0 Å². The van der Waals surface area contributed by atoms with Gasteiger partial charge in [0.05, 0.1) is 13.2 Å². The molecule has 1 aromatic rings.